The second-order valence-corrected chi connectivity index (χ2v) is 3.71. The van der Waals surface area contributed by atoms with E-state index >= 15 is 0 Å². The summed E-state index contributed by atoms with van der Waals surface area (Å²) in [6.45, 7) is 5.80. The maximum atomic E-state index is 11.3. The van der Waals surface area contributed by atoms with Crippen molar-refractivity contribution in [1.82, 2.24) is 9.97 Å². The van der Waals surface area contributed by atoms with Gasteiger partial charge in [-0.15, -0.1) is 0 Å². The van der Waals surface area contributed by atoms with E-state index in [2.05, 4.69) is 9.97 Å². The number of hydrogen-bond acceptors (Lipinski definition) is 3. The summed E-state index contributed by atoms with van der Waals surface area (Å²) in [4.78, 5) is 18.3. The Balaban J connectivity index is 3.22. The molecule has 0 aromatic carbocycles. The Hall–Kier alpha value is -1.16. The summed E-state index contributed by atoms with van der Waals surface area (Å²) >= 11 is 0. The molecule has 78 valence electrons. The van der Waals surface area contributed by atoms with Gasteiger partial charge in [0, 0.05) is 11.8 Å². The molecule has 0 radical (unpaired) electrons. The zero-order valence-electron chi connectivity index (χ0n) is 8.92. The number of hydrogen-bond donors (Lipinski definition) is 2. The lowest BCUT2D eigenvalue weighted by molar-refractivity contribution is 0.442. The van der Waals surface area contributed by atoms with Gasteiger partial charge >= 0.3 is 0 Å². The van der Waals surface area contributed by atoms with Crippen LogP contribution >= 0.6 is 0 Å². The number of aromatic amines is 1. The first-order valence-corrected chi connectivity index (χ1v) is 4.89. The maximum Gasteiger partial charge on any atom is 0.251 e. The van der Waals surface area contributed by atoms with Crippen LogP contribution in [0.3, 0.4) is 0 Å². The molecule has 0 aliphatic carbocycles. The molecule has 0 spiro atoms. The quantitative estimate of drug-likeness (QED) is 0.753. The van der Waals surface area contributed by atoms with Crippen molar-refractivity contribution in [2.45, 2.75) is 39.2 Å². The Kier molecular flexibility index (Phi) is 3.06. The highest BCUT2D eigenvalue weighted by Crippen LogP contribution is 2.15. The second kappa shape index (κ2) is 3.92. The van der Waals surface area contributed by atoms with Crippen molar-refractivity contribution in [2.75, 3.05) is 0 Å². The summed E-state index contributed by atoms with van der Waals surface area (Å²) < 4.78 is 0. The molecule has 0 saturated carbocycles. The van der Waals surface area contributed by atoms with Crippen LogP contribution in [0.2, 0.25) is 0 Å². The molecule has 0 unspecified atom stereocenters. The van der Waals surface area contributed by atoms with Gasteiger partial charge in [0.2, 0.25) is 0 Å². The van der Waals surface area contributed by atoms with Crippen LogP contribution < -0.4 is 11.3 Å². The van der Waals surface area contributed by atoms with E-state index in [4.69, 9.17) is 5.73 Å². The molecule has 1 atom stereocenters. The lowest BCUT2D eigenvalue weighted by Crippen LogP contribution is -2.36. The van der Waals surface area contributed by atoms with Crippen LogP contribution in [0.15, 0.2) is 10.9 Å². The predicted octanol–water partition coefficient (Wildman–Crippen LogP) is 0.916. The molecular weight excluding hydrogens is 178 g/mol. The Labute approximate surface area is 83.6 Å². The highest BCUT2D eigenvalue weighted by molar-refractivity contribution is 5.08. The number of nitrogens with two attached hydrogens (primary N) is 1. The van der Waals surface area contributed by atoms with E-state index in [1.54, 1.807) is 0 Å². The van der Waals surface area contributed by atoms with E-state index in [-0.39, 0.29) is 5.56 Å². The fourth-order valence-corrected chi connectivity index (χ4v) is 1.13. The van der Waals surface area contributed by atoms with Crippen LogP contribution in [-0.4, -0.2) is 9.97 Å². The van der Waals surface area contributed by atoms with E-state index in [0.29, 0.717) is 5.82 Å². The number of nitrogens with one attached hydrogen (secondary N) is 1. The summed E-state index contributed by atoms with van der Waals surface area (Å²) in [6.07, 6.45) is 1.49. The highest BCUT2D eigenvalue weighted by atomic mass is 16.1. The molecule has 0 amide bonds. The van der Waals surface area contributed by atoms with Crippen LogP contribution in [-0.2, 0) is 12.0 Å². The minimum absolute atomic E-state index is 0.128. The van der Waals surface area contributed by atoms with Gasteiger partial charge in [0.15, 0.2) is 0 Å². The fourth-order valence-electron chi connectivity index (χ4n) is 1.13. The van der Waals surface area contributed by atoms with Crippen molar-refractivity contribution in [3.8, 4) is 0 Å². The number of nitrogens with zero attached hydrogens (tertiary/aromatic N) is 1. The van der Waals surface area contributed by atoms with Gasteiger partial charge in [0.05, 0.1) is 5.54 Å². The van der Waals surface area contributed by atoms with Crippen molar-refractivity contribution in [3.63, 3.8) is 0 Å². The summed E-state index contributed by atoms with van der Waals surface area (Å²) in [5, 5.41) is 0. The third-order valence-electron chi connectivity index (χ3n) is 2.43. The van der Waals surface area contributed by atoms with Crippen molar-refractivity contribution in [2.24, 2.45) is 5.73 Å². The van der Waals surface area contributed by atoms with Crippen LogP contribution in [0.5, 0.6) is 0 Å². The molecule has 0 aliphatic heterocycles. The van der Waals surface area contributed by atoms with Crippen molar-refractivity contribution in [3.05, 3.63) is 27.9 Å². The lowest BCUT2D eigenvalue weighted by Gasteiger charge is -2.21. The van der Waals surface area contributed by atoms with E-state index < -0.39 is 5.54 Å². The molecule has 0 saturated heterocycles. The number of aryl methyl sites for hydroxylation is 1. The number of H-pyrrole nitrogens is 1. The third-order valence-corrected chi connectivity index (χ3v) is 2.43. The van der Waals surface area contributed by atoms with Crippen molar-refractivity contribution in [1.29, 1.82) is 0 Å². The third kappa shape index (κ3) is 2.20. The zero-order valence-corrected chi connectivity index (χ0v) is 8.92. The van der Waals surface area contributed by atoms with E-state index in [1.165, 1.54) is 6.07 Å². The molecule has 0 aliphatic rings. The molecule has 1 heterocycles. The molecule has 0 bridgehead atoms. The Morgan fingerprint density at radius 2 is 2.21 bits per heavy atom. The SMILES string of the molecule is CCc1cc(=O)[nH]c([C@@](C)(N)CC)n1. The largest absolute Gasteiger partial charge is 0.319 e. The molecule has 4 nitrogen and oxygen atoms in total. The molecular formula is C10H17N3O. The number of rotatable bonds is 3. The van der Waals surface area contributed by atoms with Crippen LogP contribution in [0.1, 0.15) is 38.7 Å². The van der Waals surface area contributed by atoms with Gasteiger partial charge < -0.3 is 10.7 Å². The lowest BCUT2D eigenvalue weighted by atomic mass is 9.99. The molecule has 1 aromatic rings. The van der Waals surface area contributed by atoms with Gasteiger partial charge in [-0.2, -0.15) is 0 Å². The first-order valence-electron chi connectivity index (χ1n) is 4.89. The van der Waals surface area contributed by atoms with Crippen molar-refractivity contribution >= 4 is 0 Å². The van der Waals surface area contributed by atoms with Gasteiger partial charge in [-0.25, -0.2) is 4.98 Å². The van der Waals surface area contributed by atoms with Gasteiger partial charge in [-0.05, 0) is 19.8 Å². The molecule has 3 N–H and O–H groups in total. The number of aromatic nitrogens is 2. The normalized spacial score (nSPS) is 15.1. The Morgan fingerprint density at radius 3 is 2.71 bits per heavy atom. The van der Waals surface area contributed by atoms with E-state index in [9.17, 15) is 4.79 Å². The topological polar surface area (TPSA) is 71.8 Å². The molecule has 1 aromatic heterocycles. The minimum atomic E-state index is -0.551. The maximum absolute atomic E-state index is 11.3. The average molecular weight is 195 g/mol. The monoisotopic (exact) mass is 195 g/mol. The second-order valence-electron chi connectivity index (χ2n) is 3.71. The molecule has 1 rings (SSSR count). The van der Waals surface area contributed by atoms with E-state index in [0.717, 1.165) is 18.5 Å². The zero-order chi connectivity index (χ0) is 10.8. The van der Waals surface area contributed by atoms with Crippen LogP contribution in [0.4, 0.5) is 0 Å². The summed E-state index contributed by atoms with van der Waals surface area (Å²) in [7, 11) is 0. The van der Waals surface area contributed by atoms with Crippen molar-refractivity contribution < 1.29 is 0 Å². The van der Waals surface area contributed by atoms with Crippen LogP contribution in [0, 0.1) is 0 Å². The predicted molar refractivity (Wildman–Crippen MR) is 56.1 cm³/mol. The first kappa shape index (κ1) is 10.9. The molecule has 0 fully saturated rings. The summed E-state index contributed by atoms with van der Waals surface area (Å²) in [6, 6.07) is 1.51. The van der Waals surface area contributed by atoms with Gasteiger partial charge in [0.25, 0.3) is 5.56 Å². The van der Waals surface area contributed by atoms with Crippen LogP contribution in [0.25, 0.3) is 0 Å². The standard InChI is InChI=1S/C10H17N3O/c1-4-7-6-8(14)13-9(12-7)10(3,11)5-2/h6H,4-5,11H2,1-3H3,(H,12,13,14)/t10-/m0/s1. The van der Waals surface area contributed by atoms with Gasteiger partial charge in [0.1, 0.15) is 5.82 Å². The van der Waals surface area contributed by atoms with Gasteiger partial charge in [-0.3, -0.25) is 4.79 Å². The Bertz CT molecular complexity index is 368. The summed E-state index contributed by atoms with van der Waals surface area (Å²) in [5.74, 6) is 0.573. The molecule has 14 heavy (non-hydrogen) atoms. The summed E-state index contributed by atoms with van der Waals surface area (Å²) in [5.41, 5.74) is 6.10. The Morgan fingerprint density at radius 1 is 1.57 bits per heavy atom. The first-order chi connectivity index (χ1) is 6.49. The smallest absolute Gasteiger partial charge is 0.251 e. The molecule has 4 heteroatoms. The van der Waals surface area contributed by atoms with Gasteiger partial charge in [-0.1, -0.05) is 13.8 Å². The fraction of sp³-hybridized carbons (Fsp3) is 0.600. The van der Waals surface area contributed by atoms with E-state index in [1.807, 2.05) is 20.8 Å². The average Bonchev–Trinajstić information content (AvgIpc) is 2.16. The highest BCUT2D eigenvalue weighted by Gasteiger charge is 2.21. The minimum Gasteiger partial charge on any atom is -0.319 e.